The predicted molar refractivity (Wildman–Crippen MR) is 106 cm³/mol. The standard InChI is InChI=1S/C21H30N4O/c1-15-5-8-17(9-6-15)25-19(13-18(24-25)21(2,3)4)23-20(26)10-7-16-11-12-22-14-16/h5-6,8-9,13,16,22H,7,10-12,14H2,1-4H3,(H,23,26). The molecule has 1 amide bonds. The molecule has 2 heterocycles. The Balaban J connectivity index is 1.78. The maximum Gasteiger partial charge on any atom is 0.225 e. The second kappa shape index (κ2) is 7.62. The van der Waals surface area contributed by atoms with Crippen LogP contribution in [0.2, 0.25) is 0 Å². The Bertz CT molecular complexity index is 749. The lowest BCUT2D eigenvalue weighted by molar-refractivity contribution is -0.116. The molecule has 1 aromatic carbocycles. The number of aryl methyl sites for hydroxylation is 1. The van der Waals surface area contributed by atoms with Crippen LogP contribution in [0.1, 0.15) is 51.3 Å². The molecular formula is C21H30N4O. The molecule has 26 heavy (non-hydrogen) atoms. The fourth-order valence-electron chi connectivity index (χ4n) is 3.22. The zero-order valence-corrected chi connectivity index (χ0v) is 16.3. The predicted octanol–water partition coefficient (Wildman–Crippen LogP) is 3.81. The number of carbonyl (C=O) groups is 1. The van der Waals surface area contributed by atoms with Crippen molar-refractivity contribution in [1.29, 1.82) is 0 Å². The summed E-state index contributed by atoms with van der Waals surface area (Å²) in [5, 5.41) is 11.2. The van der Waals surface area contributed by atoms with Gasteiger partial charge in [0.2, 0.25) is 5.91 Å². The molecular weight excluding hydrogens is 324 g/mol. The van der Waals surface area contributed by atoms with E-state index in [-0.39, 0.29) is 11.3 Å². The third kappa shape index (κ3) is 4.52. The molecule has 2 N–H and O–H groups in total. The zero-order chi connectivity index (χ0) is 18.7. The summed E-state index contributed by atoms with van der Waals surface area (Å²) in [6.45, 7) is 10.6. The Labute approximate surface area is 156 Å². The lowest BCUT2D eigenvalue weighted by atomic mass is 9.92. The summed E-state index contributed by atoms with van der Waals surface area (Å²) in [5.41, 5.74) is 3.05. The van der Waals surface area contributed by atoms with Crippen LogP contribution in [0.15, 0.2) is 30.3 Å². The number of rotatable bonds is 5. The van der Waals surface area contributed by atoms with E-state index in [1.807, 2.05) is 22.9 Å². The van der Waals surface area contributed by atoms with Gasteiger partial charge in [0, 0.05) is 17.9 Å². The van der Waals surface area contributed by atoms with Crippen LogP contribution < -0.4 is 10.6 Å². The van der Waals surface area contributed by atoms with Gasteiger partial charge in [0.1, 0.15) is 5.82 Å². The average Bonchev–Trinajstić information content (AvgIpc) is 3.23. The minimum absolute atomic E-state index is 0.0608. The van der Waals surface area contributed by atoms with Gasteiger partial charge < -0.3 is 10.6 Å². The second-order valence-corrected chi connectivity index (χ2v) is 8.36. The van der Waals surface area contributed by atoms with Crippen LogP contribution in [0, 0.1) is 12.8 Å². The molecule has 0 radical (unpaired) electrons. The van der Waals surface area contributed by atoms with Crippen molar-refractivity contribution in [3.05, 3.63) is 41.6 Å². The molecule has 1 aliphatic heterocycles. The number of hydrogen-bond donors (Lipinski definition) is 2. The molecule has 5 heteroatoms. The van der Waals surface area contributed by atoms with E-state index in [1.54, 1.807) is 0 Å². The SMILES string of the molecule is Cc1ccc(-n2nc(C(C)(C)C)cc2NC(=O)CCC2CCNC2)cc1. The summed E-state index contributed by atoms with van der Waals surface area (Å²) in [5.74, 6) is 1.42. The molecule has 3 rings (SSSR count). The minimum atomic E-state index is -0.0784. The van der Waals surface area contributed by atoms with Gasteiger partial charge in [0.15, 0.2) is 0 Å². The highest BCUT2D eigenvalue weighted by Crippen LogP contribution is 2.26. The average molecular weight is 354 g/mol. The molecule has 140 valence electrons. The van der Waals surface area contributed by atoms with Crippen molar-refractivity contribution in [2.75, 3.05) is 18.4 Å². The van der Waals surface area contributed by atoms with Crippen LogP contribution in [0.4, 0.5) is 5.82 Å². The fraction of sp³-hybridized carbons (Fsp3) is 0.524. The molecule has 1 aromatic heterocycles. The number of amides is 1. The smallest absolute Gasteiger partial charge is 0.225 e. The van der Waals surface area contributed by atoms with E-state index in [0.717, 1.165) is 36.7 Å². The second-order valence-electron chi connectivity index (χ2n) is 8.36. The van der Waals surface area contributed by atoms with E-state index in [1.165, 1.54) is 12.0 Å². The lowest BCUT2D eigenvalue weighted by Crippen LogP contribution is -2.17. The first-order valence-corrected chi connectivity index (χ1v) is 9.51. The van der Waals surface area contributed by atoms with E-state index in [9.17, 15) is 4.79 Å². The van der Waals surface area contributed by atoms with Crippen molar-refractivity contribution < 1.29 is 4.79 Å². The Morgan fingerprint density at radius 1 is 1.31 bits per heavy atom. The van der Waals surface area contributed by atoms with Crippen molar-refractivity contribution in [2.24, 2.45) is 5.92 Å². The molecule has 1 saturated heterocycles. The summed E-state index contributed by atoms with van der Waals surface area (Å²) >= 11 is 0. The molecule has 1 fully saturated rings. The van der Waals surface area contributed by atoms with Gasteiger partial charge in [-0.25, -0.2) is 4.68 Å². The molecule has 0 aliphatic carbocycles. The van der Waals surface area contributed by atoms with Crippen LogP contribution in [0.25, 0.3) is 5.69 Å². The van der Waals surface area contributed by atoms with Crippen molar-refractivity contribution in [3.8, 4) is 5.69 Å². The maximum atomic E-state index is 12.5. The van der Waals surface area contributed by atoms with Crippen molar-refractivity contribution >= 4 is 11.7 Å². The third-order valence-electron chi connectivity index (χ3n) is 4.97. The Kier molecular flexibility index (Phi) is 5.47. The highest BCUT2D eigenvalue weighted by atomic mass is 16.1. The van der Waals surface area contributed by atoms with Crippen LogP contribution in [0.5, 0.6) is 0 Å². The van der Waals surface area contributed by atoms with Crippen molar-refractivity contribution in [3.63, 3.8) is 0 Å². The van der Waals surface area contributed by atoms with Gasteiger partial charge in [0.25, 0.3) is 0 Å². The summed E-state index contributed by atoms with van der Waals surface area (Å²) < 4.78 is 1.84. The molecule has 0 bridgehead atoms. The summed E-state index contributed by atoms with van der Waals surface area (Å²) in [7, 11) is 0. The number of anilines is 1. The van der Waals surface area contributed by atoms with Gasteiger partial charge in [-0.3, -0.25) is 4.79 Å². The first kappa shape index (κ1) is 18.6. The van der Waals surface area contributed by atoms with Gasteiger partial charge in [-0.15, -0.1) is 0 Å². The van der Waals surface area contributed by atoms with Crippen LogP contribution >= 0.6 is 0 Å². The molecule has 2 aromatic rings. The molecule has 5 nitrogen and oxygen atoms in total. The van der Waals surface area contributed by atoms with E-state index in [4.69, 9.17) is 5.10 Å². The number of nitrogens with one attached hydrogen (secondary N) is 2. The number of benzene rings is 1. The highest BCUT2D eigenvalue weighted by Gasteiger charge is 2.22. The van der Waals surface area contributed by atoms with Crippen LogP contribution in [-0.2, 0) is 10.2 Å². The normalized spacial score (nSPS) is 17.5. The van der Waals surface area contributed by atoms with E-state index >= 15 is 0 Å². The molecule has 0 saturated carbocycles. The third-order valence-corrected chi connectivity index (χ3v) is 4.97. The topological polar surface area (TPSA) is 59.0 Å². The molecule has 1 unspecified atom stereocenters. The van der Waals surface area contributed by atoms with Crippen LogP contribution in [-0.4, -0.2) is 28.8 Å². The first-order chi connectivity index (χ1) is 12.3. The number of nitrogens with zero attached hydrogens (tertiary/aromatic N) is 2. The highest BCUT2D eigenvalue weighted by molar-refractivity contribution is 5.90. The van der Waals surface area contributed by atoms with Gasteiger partial charge in [-0.05, 0) is 50.9 Å². The number of hydrogen-bond acceptors (Lipinski definition) is 3. The van der Waals surface area contributed by atoms with Gasteiger partial charge >= 0.3 is 0 Å². The fourth-order valence-corrected chi connectivity index (χ4v) is 3.22. The van der Waals surface area contributed by atoms with Gasteiger partial charge in [-0.1, -0.05) is 38.5 Å². The van der Waals surface area contributed by atoms with Gasteiger partial charge in [0.05, 0.1) is 11.4 Å². The van der Waals surface area contributed by atoms with E-state index < -0.39 is 0 Å². The molecule has 1 atom stereocenters. The number of aromatic nitrogens is 2. The van der Waals surface area contributed by atoms with Gasteiger partial charge in [-0.2, -0.15) is 5.10 Å². The largest absolute Gasteiger partial charge is 0.316 e. The summed E-state index contributed by atoms with van der Waals surface area (Å²) in [6, 6.07) is 10.2. The Morgan fingerprint density at radius 2 is 2.04 bits per heavy atom. The van der Waals surface area contributed by atoms with Crippen LogP contribution in [0.3, 0.4) is 0 Å². The Morgan fingerprint density at radius 3 is 2.65 bits per heavy atom. The maximum absolute atomic E-state index is 12.5. The molecule has 0 spiro atoms. The monoisotopic (exact) mass is 354 g/mol. The Hall–Kier alpha value is -2.14. The first-order valence-electron chi connectivity index (χ1n) is 9.51. The lowest BCUT2D eigenvalue weighted by Gasteiger charge is -2.14. The number of carbonyl (C=O) groups excluding carboxylic acids is 1. The summed E-state index contributed by atoms with van der Waals surface area (Å²) in [4.78, 5) is 12.5. The van der Waals surface area contributed by atoms with Crippen molar-refractivity contribution in [2.45, 2.75) is 52.4 Å². The quantitative estimate of drug-likeness (QED) is 0.858. The van der Waals surface area contributed by atoms with Crippen molar-refractivity contribution in [1.82, 2.24) is 15.1 Å². The molecule has 1 aliphatic rings. The summed E-state index contributed by atoms with van der Waals surface area (Å²) in [6.07, 6.45) is 2.66. The van der Waals surface area contributed by atoms with E-state index in [0.29, 0.717) is 12.3 Å². The zero-order valence-electron chi connectivity index (χ0n) is 16.3. The van der Waals surface area contributed by atoms with E-state index in [2.05, 4.69) is 50.5 Å². The minimum Gasteiger partial charge on any atom is -0.316 e.